The van der Waals surface area contributed by atoms with Crippen molar-refractivity contribution in [2.24, 2.45) is 0 Å². The Kier molecular flexibility index (Phi) is 8.86. The largest absolute Gasteiger partial charge is 0.489 e. The molecule has 2 atom stereocenters. The summed E-state index contributed by atoms with van der Waals surface area (Å²) in [6.07, 6.45) is -5.23. The summed E-state index contributed by atoms with van der Waals surface area (Å²) in [5.74, 6) is -2.99. The molecule has 2 N–H and O–H groups in total. The molecule has 216 valence electrons. The van der Waals surface area contributed by atoms with E-state index in [4.69, 9.17) is 16.3 Å². The van der Waals surface area contributed by atoms with Gasteiger partial charge in [-0.15, -0.1) is 0 Å². The number of carbonyl (C=O) groups is 3. The Labute approximate surface area is 238 Å². The Morgan fingerprint density at radius 1 is 1.07 bits per heavy atom. The van der Waals surface area contributed by atoms with Crippen molar-refractivity contribution in [1.82, 2.24) is 10.6 Å². The molecule has 3 amide bonds. The van der Waals surface area contributed by atoms with Crippen molar-refractivity contribution < 1.29 is 36.7 Å². The van der Waals surface area contributed by atoms with Gasteiger partial charge in [0.15, 0.2) is 0 Å². The molecule has 0 unspecified atom stereocenters. The maximum Gasteiger partial charge on any atom is 0.417 e. The van der Waals surface area contributed by atoms with Crippen LogP contribution in [0, 0.1) is 5.82 Å². The molecule has 1 aliphatic heterocycles. The highest BCUT2D eigenvalue weighted by molar-refractivity contribution is 6.30. The van der Waals surface area contributed by atoms with Crippen molar-refractivity contribution in [2.45, 2.75) is 44.6 Å². The van der Waals surface area contributed by atoms with Crippen LogP contribution in [0.2, 0.25) is 5.02 Å². The Bertz CT molecular complexity index is 1460. The van der Waals surface area contributed by atoms with Gasteiger partial charge in [-0.1, -0.05) is 41.9 Å². The third-order valence-electron chi connectivity index (χ3n) is 6.44. The fourth-order valence-electron chi connectivity index (χ4n) is 4.50. The van der Waals surface area contributed by atoms with Crippen molar-refractivity contribution in [3.63, 3.8) is 0 Å². The van der Waals surface area contributed by atoms with E-state index in [9.17, 15) is 31.9 Å². The minimum atomic E-state index is -4.83. The number of fused-ring (bicyclic) bond motifs is 1. The lowest BCUT2D eigenvalue weighted by Crippen LogP contribution is -2.57. The van der Waals surface area contributed by atoms with E-state index in [-0.39, 0.29) is 18.2 Å². The normalized spacial score (nSPS) is 16.0. The zero-order chi connectivity index (χ0) is 29.9. The van der Waals surface area contributed by atoms with Gasteiger partial charge in [-0.2, -0.15) is 13.2 Å². The summed E-state index contributed by atoms with van der Waals surface area (Å²) in [5, 5.41) is 5.21. The Balaban J connectivity index is 1.63. The lowest BCUT2D eigenvalue weighted by molar-refractivity contribution is -0.138. The van der Waals surface area contributed by atoms with Gasteiger partial charge in [0, 0.05) is 23.6 Å². The van der Waals surface area contributed by atoms with E-state index in [0.717, 1.165) is 24.3 Å². The number of halogens is 5. The van der Waals surface area contributed by atoms with E-state index >= 15 is 0 Å². The number of anilines is 1. The molecular weight excluding hydrogens is 566 g/mol. The molecule has 3 aromatic carbocycles. The van der Waals surface area contributed by atoms with Gasteiger partial charge in [-0.25, -0.2) is 4.39 Å². The van der Waals surface area contributed by atoms with Crippen LogP contribution < -0.4 is 20.3 Å². The van der Waals surface area contributed by atoms with Crippen LogP contribution in [0.3, 0.4) is 0 Å². The first-order valence-corrected chi connectivity index (χ1v) is 13.0. The van der Waals surface area contributed by atoms with Gasteiger partial charge in [0.2, 0.25) is 5.91 Å². The SMILES string of the molecule is CC(C)N1C(=O)[C@H](NC(=O)[C@@H](Cc2ccccc2F)NC(=O)c2ccccc2C(F)(F)F)COc2cc(Cl)ccc21. The molecule has 4 rings (SSSR count). The van der Waals surface area contributed by atoms with E-state index < -0.39 is 59.3 Å². The molecule has 0 bridgehead atoms. The van der Waals surface area contributed by atoms with Crippen LogP contribution in [-0.2, 0) is 22.2 Å². The number of nitrogens with one attached hydrogen (secondary N) is 2. The summed E-state index contributed by atoms with van der Waals surface area (Å²) in [6.45, 7) is 3.23. The topological polar surface area (TPSA) is 87.7 Å². The molecule has 0 aliphatic carbocycles. The van der Waals surface area contributed by atoms with Crippen molar-refractivity contribution in [1.29, 1.82) is 0 Å². The van der Waals surface area contributed by atoms with Gasteiger partial charge in [0.1, 0.15) is 30.3 Å². The summed E-state index contributed by atoms with van der Waals surface area (Å²) < 4.78 is 61.0. The predicted octanol–water partition coefficient (Wildman–Crippen LogP) is 5.16. The van der Waals surface area contributed by atoms with Crippen molar-refractivity contribution in [3.05, 3.63) is 94.3 Å². The molecule has 41 heavy (non-hydrogen) atoms. The smallest absolute Gasteiger partial charge is 0.417 e. The van der Waals surface area contributed by atoms with Crippen molar-refractivity contribution in [2.75, 3.05) is 11.5 Å². The van der Waals surface area contributed by atoms with Gasteiger partial charge in [-0.3, -0.25) is 14.4 Å². The van der Waals surface area contributed by atoms with Crippen LogP contribution >= 0.6 is 11.6 Å². The van der Waals surface area contributed by atoms with Crippen LogP contribution in [0.25, 0.3) is 0 Å². The van der Waals surface area contributed by atoms with E-state index in [0.29, 0.717) is 16.5 Å². The number of amides is 3. The van der Waals surface area contributed by atoms with E-state index in [1.54, 1.807) is 26.0 Å². The summed E-state index contributed by atoms with van der Waals surface area (Å²) in [5.41, 5.74) is -1.44. The third kappa shape index (κ3) is 6.79. The molecule has 1 heterocycles. The van der Waals surface area contributed by atoms with Gasteiger partial charge in [-0.05, 0) is 49.7 Å². The second-order valence-electron chi connectivity index (χ2n) is 9.65. The number of ether oxygens (including phenoxy) is 1. The lowest BCUT2D eigenvalue weighted by atomic mass is 10.0. The predicted molar refractivity (Wildman–Crippen MR) is 144 cm³/mol. The van der Waals surface area contributed by atoms with Crippen LogP contribution in [0.15, 0.2) is 66.7 Å². The standard InChI is InChI=1S/C29H26ClF4N3O4/c1-16(2)37-24-12-11-18(30)14-25(24)41-15-23(28(37)40)36-27(39)22(13-17-7-3-6-10-21(17)31)35-26(38)19-8-4-5-9-20(19)29(32,33)34/h3-12,14,16,22-23H,13,15H2,1-2H3,(H,35,38)(H,36,39)/t22-,23-/m1/s1. The van der Waals surface area contributed by atoms with E-state index in [1.165, 1.54) is 35.2 Å². The molecule has 0 saturated carbocycles. The number of carbonyl (C=O) groups excluding carboxylic acids is 3. The molecular formula is C29H26ClF4N3O4. The number of nitrogens with zero attached hydrogens (tertiary/aromatic N) is 1. The minimum Gasteiger partial charge on any atom is -0.489 e. The molecule has 7 nitrogen and oxygen atoms in total. The summed E-state index contributed by atoms with van der Waals surface area (Å²) in [4.78, 5) is 41.5. The average molecular weight is 592 g/mol. The van der Waals surface area contributed by atoms with Gasteiger partial charge in [0.25, 0.3) is 11.8 Å². The van der Waals surface area contributed by atoms with Crippen LogP contribution in [0.5, 0.6) is 5.75 Å². The van der Waals surface area contributed by atoms with Crippen LogP contribution in [-0.4, -0.2) is 42.5 Å². The minimum absolute atomic E-state index is 0.0337. The third-order valence-corrected chi connectivity index (χ3v) is 6.67. The Hall–Kier alpha value is -4.12. The Morgan fingerprint density at radius 2 is 1.76 bits per heavy atom. The average Bonchev–Trinajstić information content (AvgIpc) is 3.04. The molecule has 3 aromatic rings. The van der Waals surface area contributed by atoms with Gasteiger partial charge < -0.3 is 20.3 Å². The zero-order valence-electron chi connectivity index (χ0n) is 22.0. The number of hydrogen-bond acceptors (Lipinski definition) is 4. The highest BCUT2D eigenvalue weighted by Gasteiger charge is 2.38. The van der Waals surface area contributed by atoms with Crippen LogP contribution in [0.1, 0.15) is 35.3 Å². The molecule has 0 radical (unpaired) electrons. The fourth-order valence-corrected chi connectivity index (χ4v) is 4.66. The van der Waals surface area contributed by atoms with Crippen molar-refractivity contribution in [3.8, 4) is 5.75 Å². The summed E-state index contributed by atoms with van der Waals surface area (Å²) in [7, 11) is 0. The second kappa shape index (κ2) is 12.2. The number of hydrogen-bond donors (Lipinski definition) is 2. The maximum atomic E-state index is 14.5. The molecule has 0 aromatic heterocycles. The highest BCUT2D eigenvalue weighted by atomic mass is 35.5. The fraction of sp³-hybridized carbons (Fsp3) is 0.276. The monoisotopic (exact) mass is 591 g/mol. The summed E-state index contributed by atoms with van der Waals surface area (Å²) in [6, 6.07) is 11.2. The maximum absolute atomic E-state index is 14.5. The number of benzene rings is 3. The second-order valence-corrected chi connectivity index (χ2v) is 10.1. The van der Waals surface area contributed by atoms with Gasteiger partial charge >= 0.3 is 6.18 Å². The number of rotatable bonds is 7. The van der Waals surface area contributed by atoms with Crippen LogP contribution in [0.4, 0.5) is 23.2 Å². The van der Waals surface area contributed by atoms with Crippen molar-refractivity contribution >= 4 is 35.0 Å². The highest BCUT2D eigenvalue weighted by Crippen LogP contribution is 2.35. The van der Waals surface area contributed by atoms with Gasteiger partial charge in [0.05, 0.1) is 16.8 Å². The number of alkyl halides is 3. The molecule has 0 fully saturated rings. The molecule has 0 spiro atoms. The first kappa shape index (κ1) is 29.9. The molecule has 0 saturated heterocycles. The Morgan fingerprint density at radius 3 is 2.44 bits per heavy atom. The zero-order valence-corrected chi connectivity index (χ0v) is 22.7. The molecule has 12 heteroatoms. The first-order valence-electron chi connectivity index (χ1n) is 12.6. The summed E-state index contributed by atoms with van der Waals surface area (Å²) >= 11 is 6.09. The molecule has 1 aliphatic rings. The van der Waals surface area contributed by atoms with E-state index in [2.05, 4.69) is 10.6 Å². The quantitative estimate of drug-likeness (QED) is 0.372. The first-order chi connectivity index (χ1) is 19.4. The van der Waals surface area contributed by atoms with E-state index in [1.807, 2.05) is 0 Å². The lowest BCUT2D eigenvalue weighted by Gasteiger charge is -2.29.